The molecule has 7 heteroatoms. The van der Waals surface area contributed by atoms with E-state index in [0.29, 0.717) is 24.6 Å². The van der Waals surface area contributed by atoms with Gasteiger partial charge in [-0.2, -0.15) is 0 Å². The maximum Gasteiger partial charge on any atom is 0.335 e. The first kappa shape index (κ1) is 15.2. The molecular weight excluding hydrogens is 296 g/mol. The van der Waals surface area contributed by atoms with Crippen LogP contribution in [0.3, 0.4) is 0 Å². The van der Waals surface area contributed by atoms with Crippen LogP contribution in [-0.2, 0) is 6.54 Å². The number of nitrogens with zero attached hydrogens (tertiary/aromatic N) is 4. The van der Waals surface area contributed by atoms with E-state index in [0.717, 1.165) is 19.4 Å². The number of piperidine rings is 1. The smallest absolute Gasteiger partial charge is 0.335 e. The molecule has 7 nitrogen and oxygen atoms in total. The molecule has 0 spiro atoms. The first-order chi connectivity index (χ1) is 11.1. The second-order valence-corrected chi connectivity index (χ2v) is 5.78. The third-order valence-electron chi connectivity index (χ3n) is 4.22. The van der Waals surface area contributed by atoms with Crippen LogP contribution in [-0.4, -0.2) is 49.7 Å². The Kier molecular flexibility index (Phi) is 4.36. The number of carbonyl (C=O) groups excluding carboxylic acids is 1. The summed E-state index contributed by atoms with van der Waals surface area (Å²) in [6, 6.07) is 6.09. The van der Waals surface area contributed by atoms with E-state index >= 15 is 0 Å². The van der Waals surface area contributed by atoms with Gasteiger partial charge >= 0.3 is 5.97 Å². The van der Waals surface area contributed by atoms with Crippen molar-refractivity contribution in [2.75, 3.05) is 13.1 Å². The Hall–Kier alpha value is -2.70. The van der Waals surface area contributed by atoms with Gasteiger partial charge in [0, 0.05) is 25.2 Å². The van der Waals surface area contributed by atoms with Crippen molar-refractivity contribution < 1.29 is 14.7 Å². The first-order valence-electron chi connectivity index (χ1n) is 7.58. The van der Waals surface area contributed by atoms with E-state index in [4.69, 9.17) is 5.11 Å². The van der Waals surface area contributed by atoms with Crippen molar-refractivity contribution in [1.29, 1.82) is 0 Å². The summed E-state index contributed by atoms with van der Waals surface area (Å²) in [5, 5.41) is 16.5. The number of rotatable bonds is 4. The van der Waals surface area contributed by atoms with Gasteiger partial charge in [0.25, 0.3) is 5.91 Å². The third kappa shape index (κ3) is 3.56. The lowest BCUT2D eigenvalue weighted by Crippen LogP contribution is -2.39. The highest BCUT2D eigenvalue weighted by Crippen LogP contribution is 2.20. The molecule has 0 aliphatic carbocycles. The summed E-state index contributed by atoms with van der Waals surface area (Å²) in [4.78, 5) is 25.1. The molecule has 1 N–H and O–H groups in total. The first-order valence-corrected chi connectivity index (χ1v) is 7.58. The summed E-state index contributed by atoms with van der Waals surface area (Å²) < 4.78 is 1.97. The molecule has 1 aliphatic rings. The zero-order chi connectivity index (χ0) is 16.2. The summed E-state index contributed by atoms with van der Waals surface area (Å²) in [6.07, 6.45) is 5.30. The summed E-state index contributed by atoms with van der Waals surface area (Å²) in [7, 11) is 0. The number of carboxylic acids is 1. The van der Waals surface area contributed by atoms with E-state index in [9.17, 15) is 9.59 Å². The average Bonchev–Trinajstić information content (AvgIpc) is 3.08. The highest BCUT2D eigenvalue weighted by molar-refractivity contribution is 5.95. The number of hydrogen-bond acceptors (Lipinski definition) is 4. The van der Waals surface area contributed by atoms with Crippen LogP contribution in [0.25, 0.3) is 0 Å². The summed E-state index contributed by atoms with van der Waals surface area (Å²) >= 11 is 0. The van der Waals surface area contributed by atoms with Crippen molar-refractivity contribution in [2.24, 2.45) is 5.92 Å². The van der Waals surface area contributed by atoms with Crippen LogP contribution in [0.5, 0.6) is 0 Å². The largest absolute Gasteiger partial charge is 0.478 e. The quantitative estimate of drug-likeness (QED) is 0.924. The molecule has 2 aromatic rings. The van der Waals surface area contributed by atoms with Crippen molar-refractivity contribution >= 4 is 11.9 Å². The molecule has 1 aromatic carbocycles. The predicted molar refractivity (Wildman–Crippen MR) is 82.1 cm³/mol. The molecule has 1 saturated heterocycles. The minimum atomic E-state index is -0.987. The predicted octanol–water partition coefficient (Wildman–Crippen LogP) is 1.53. The van der Waals surface area contributed by atoms with Gasteiger partial charge in [0.05, 0.1) is 5.56 Å². The molecule has 1 aliphatic heterocycles. The van der Waals surface area contributed by atoms with Crippen LogP contribution in [0, 0.1) is 5.92 Å². The molecule has 0 atom stereocenters. The summed E-state index contributed by atoms with van der Waals surface area (Å²) in [6.45, 7) is 2.31. The van der Waals surface area contributed by atoms with Gasteiger partial charge in [-0.05, 0) is 43.0 Å². The van der Waals surface area contributed by atoms with Gasteiger partial charge in [-0.3, -0.25) is 4.79 Å². The Labute approximate surface area is 133 Å². The minimum Gasteiger partial charge on any atom is -0.478 e. The van der Waals surface area contributed by atoms with Crippen molar-refractivity contribution in [1.82, 2.24) is 19.7 Å². The second-order valence-electron chi connectivity index (χ2n) is 5.78. The molecule has 0 radical (unpaired) electrons. The van der Waals surface area contributed by atoms with Crippen molar-refractivity contribution in [3.05, 3.63) is 48.0 Å². The molecule has 1 aromatic heterocycles. The van der Waals surface area contributed by atoms with E-state index in [1.54, 1.807) is 24.8 Å². The summed E-state index contributed by atoms with van der Waals surface area (Å²) in [5.41, 5.74) is 0.724. The molecular formula is C16H18N4O3. The topological polar surface area (TPSA) is 88.3 Å². The zero-order valence-corrected chi connectivity index (χ0v) is 12.6. The Morgan fingerprint density at radius 3 is 2.17 bits per heavy atom. The van der Waals surface area contributed by atoms with Crippen LogP contribution in [0.2, 0.25) is 0 Å². The van der Waals surface area contributed by atoms with E-state index < -0.39 is 5.97 Å². The molecule has 3 rings (SSSR count). The minimum absolute atomic E-state index is 0.0373. The normalized spacial score (nSPS) is 15.6. The molecule has 1 amide bonds. The Bertz CT molecular complexity index is 674. The van der Waals surface area contributed by atoms with Crippen molar-refractivity contribution in [3.8, 4) is 0 Å². The highest BCUT2D eigenvalue weighted by Gasteiger charge is 2.24. The number of amides is 1. The Morgan fingerprint density at radius 1 is 1.04 bits per heavy atom. The van der Waals surface area contributed by atoms with Gasteiger partial charge in [-0.15, -0.1) is 10.2 Å². The lowest BCUT2D eigenvalue weighted by molar-refractivity contribution is 0.0674. The molecule has 0 saturated carbocycles. The fourth-order valence-corrected chi connectivity index (χ4v) is 2.87. The van der Waals surface area contributed by atoms with Gasteiger partial charge in [0.15, 0.2) is 0 Å². The average molecular weight is 314 g/mol. The monoisotopic (exact) mass is 314 g/mol. The van der Waals surface area contributed by atoms with Gasteiger partial charge in [0.2, 0.25) is 0 Å². The SMILES string of the molecule is O=C(O)c1ccc(C(=O)N2CCC(Cn3cnnc3)CC2)cc1. The molecule has 120 valence electrons. The Morgan fingerprint density at radius 2 is 1.61 bits per heavy atom. The van der Waals surface area contributed by atoms with Crippen LogP contribution < -0.4 is 0 Å². The maximum atomic E-state index is 12.5. The fourth-order valence-electron chi connectivity index (χ4n) is 2.87. The van der Waals surface area contributed by atoms with E-state index in [1.807, 2.05) is 9.47 Å². The molecule has 23 heavy (non-hydrogen) atoms. The molecule has 2 heterocycles. The maximum absolute atomic E-state index is 12.5. The number of carbonyl (C=O) groups is 2. The number of aromatic carboxylic acids is 1. The van der Waals surface area contributed by atoms with Crippen molar-refractivity contribution in [2.45, 2.75) is 19.4 Å². The molecule has 1 fully saturated rings. The molecule has 0 bridgehead atoms. The van der Waals surface area contributed by atoms with E-state index in [2.05, 4.69) is 10.2 Å². The van der Waals surface area contributed by atoms with Gasteiger partial charge in [0.1, 0.15) is 12.7 Å². The number of carboxylic acid groups (broad SMARTS) is 1. The number of aromatic nitrogens is 3. The zero-order valence-electron chi connectivity index (χ0n) is 12.6. The molecule has 0 unspecified atom stereocenters. The van der Waals surface area contributed by atoms with Crippen LogP contribution in [0.1, 0.15) is 33.6 Å². The Balaban J connectivity index is 1.56. The van der Waals surface area contributed by atoms with Crippen LogP contribution in [0.15, 0.2) is 36.9 Å². The number of benzene rings is 1. The van der Waals surface area contributed by atoms with Crippen molar-refractivity contribution in [3.63, 3.8) is 0 Å². The van der Waals surface area contributed by atoms with Gasteiger partial charge in [-0.25, -0.2) is 4.79 Å². The van der Waals surface area contributed by atoms with Crippen LogP contribution >= 0.6 is 0 Å². The standard InChI is InChI=1S/C16H18N4O3/c21-15(13-1-3-14(4-2-13)16(22)23)20-7-5-12(6-8-20)9-19-10-17-18-11-19/h1-4,10-12H,5-9H2,(H,22,23). The van der Waals surface area contributed by atoms with Gasteiger partial charge < -0.3 is 14.6 Å². The number of hydrogen-bond donors (Lipinski definition) is 1. The van der Waals surface area contributed by atoms with Crippen LogP contribution in [0.4, 0.5) is 0 Å². The van der Waals surface area contributed by atoms with Gasteiger partial charge in [-0.1, -0.05) is 0 Å². The van der Waals surface area contributed by atoms with E-state index in [1.165, 1.54) is 12.1 Å². The number of likely N-dealkylation sites (tertiary alicyclic amines) is 1. The fraction of sp³-hybridized carbons (Fsp3) is 0.375. The lowest BCUT2D eigenvalue weighted by Gasteiger charge is -2.32. The van der Waals surface area contributed by atoms with E-state index in [-0.39, 0.29) is 11.5 Å². The lowest BCUT2D eigenvalue weighted by atomic mass is 9.96. The highest BCUT2D eigenvalue weighted by atomic mass is 16.4. The third-order valence-corrected chi connectivity index (χ3v) is 4.22. The second kappa shape index (κ2) is 6.60. The summed E-state index contributed by atoms with van der Waals surface area (Å²) in [5.74, 6) is -0.507.